The first-order valence-corrected chi connectivity index (χ1v) is 11.0. The zero-order chi connectivity index (χ0) is 22.5. The fraction of sp³-hybridized carbons (Fsp3) is 0.348. The van der Waals surface area contributed by atoms with Gasteiger partial charge >= 0.3 is 0 Å². The van der Waals surface area contributed by atoms with E-state index in [-0.39, 0.29) is 23.0 Å². The van der Waals surface area contributed by atoms with E-state index in [1.54, 1.807) is 29.3 Å². The molecule has 1 aromatic carbocycles. The number of fused-ring (bicyclic) bond motifs is 4. The molecule has 1 amide bonds. The first kappa shape index (κ1) is 19.9. The Morgan fingerprint density at radius 2 is 2.03 bits per heavy atom. The topological polar surface area (TPSA) is 115 Å². The molecular formula is C23H22N6O4. The van der Waals surface area contributed by atoms with Gasteiger partial charge in [0.15, 0.2) is 11.6 Å². The van der Waals surface area contributed by atoms with Crippen LogP contribution >= 0.6 is 0 Å². The van der Waals surface area contributed by atoms with E-state index in [4.69, 9.17) is 9.47 Å². The van der Waals surface area contributed by atoms with Crippen LogP contribution in [0, 0.1) is 6.92 Å². The van der Waals surface area contributed by atoms with Crippen molar-refractivity contribution in [3.05, 3.63) is 57.8 Å². The predicted molar refractivity (Wildman–Crippen MR) is 120 cm³/mol. The van der Waals surface area contributed by atoms with Crippen LogP contribution in [-0.4, -0.2) is 56.8 Å². The Hall–Kier alpha value is -3.79. The lowest BCUT2D eigenvalue weighted by atomic mass is 9.99. The highest BCUT2D eigenvalue weighted by Crippen LogP contribution is 2.31. The number of aromatic nitrogens is 5. The molecule has 33 heavy (non-hydrogen) atoms. The molecular weight excluding hydrogens is 424 g/mol. The summed E-state index contributed by atoms with van der Waals surface area (Å²) >= 11 is 0. The van der Waals surface area contributed by atoms with Gasteiger partial charge in [-0.15, -0.1) is 10.2 Å². The van der Waals surface area contributed by atoms with Crippen LogP contribution in [0.15, 0.2) is 35.3 Å². The van der Waals surface area contributed by atoms with Crippen LogP contribution in [0.2, 0.25) is 0 Å². The smallest absolute Gasteiger partial charge is 0.294 e. The number of anilines is 1. The number of pyridine rings is 1. The first-order chi connectivity index (χ1) is 16.1. The Balaban J connectivity index is 1.49. The number of aromatic amines is 1. The first-order valence-electron chi connectivity index (χ1n) is 11.0. The minimum absolute atomic E-state index is 0.163. The summed E-state index contributed by atoms with van der Waals surface area (Å²) < 4.78 is 12.9. The number of hydrogen-bond donors (Lipinski definition) is 1. The van der Waals surface area contributed by atoms with Gasteiger partial charge in [-0.05, 0) is 49.6 Å². The molecule has 1 saturated heterocycles. The molecule has 1 fully saturated rings. The minimum atomic E-state index is -0.339. The van der Waals surface area contributed by atoms with Crippen LogP contribution in [0.25, 0.3) is 16.7 Å². The second-order valence-corrected chi connectivity index (χ2v) is 8.37. The number of amides is 1. The average Bonchev–Trinajstić information content (AvgIpc) is 3.30. The number of rotatable bonds is 2. The van der Waals surface area contributed by atoms with Gasteiger partial charge in [-0.25, -0.2) is 4.98 Å². The molecule has 0 saturated carbocycles. The highest BCUT2D eigenvalue weighted by Gasteiger charge is 2.28. The Morgan fingerprint density at radius 3 is 2.88 bits per heavy atom. The number of H-pyrrole nitrogens is 1. The van der Waals surface area contributed by atoms with Gasteiger partial charge in [-0.1, -0.05) is 0 Å². The molecule has 5 heterocycles. The standard InChI is InChI=1S/C23H22N6O4/c1-13-11-17-16(12-15(13)23(31)28-7-10-33-18-3-2-6-24-20(18)28)25-22(30)21-27-26-19(29(17)21)14-4-8-32-9-5-14/h2-3,6,11-12,14H,4-5,7-10H2,1H3,(H,25,30). The number of carbonyl (C=O) groups excluding carboxylic acids is 1. The van der Waals surface area contributed by atoms with Crippen LogP contribution in [0.4, 0.5) is 5.82 Å². The highest BCUT2D eigenvalue weighted by molar-refractivity contribution is 6.09. The normalized spacial score (nSPS) is 16.7. The summed E-state index contributed by atoms with van der Waals surface area (Å²) in [7, 11) is 0. The second kappa shape index (κ2) is 7.66. The average molecular weight is 446 g/mol. The lowest BCUT2D eigenvalue weighted by Gasteiger charge is -2.28. The third-order valence-corrected chi connectivity index (χ3v) is 6.36. The zero-order valence-corrected chi connectivity index (χ0v) is 18.1. The fourth-order valence-electron chi connectivity index (χ4n) is 4.68. The van der Waals surface area contributed by atoms with Crippen LogP contribution in [-0.2, 0) is 4.74 Å². The molecule has 0 spiro atoms. The number of aryl methyl sites for hydroxylation is 1. The van der Waals surface area contributed by atoms with Crippen molar-refractivity contribution in [3.63, 3.8) is 0 Å². The molecule has 0 aliphatic carbocycles. The van der Waals surface area contributed by atoms with Crippen molar-refractivity contribution < 1.29 is 14.3 Å². The van der Waals surface area contributed by atoms with Crippen LogP contribution in [0.3, 0.4) is 0 Å². The van der Waals surface area contributed by atoms with Crippen molar-refractivity contribution in [2.24, 2.45) is 0 Å². The van der Waals surface area contributed by atoms with Gasteiger partial charge in [-0.3, -0.25) is 18.9 Å². The Bertz CT molecular complexity index is 1450. The third-order valence-electron chi connectivity index (χ3n) is 6.36. The summed E-state index contributed by atoms with van der Waals surface area (Å²) in [6.07, 6.45) is 3.29. The molecule has 0 radical (unpaired) electrons. The molecule has 2 aliphatic heterocycles. The summed E-state index contributed by atoms with van der Waals surface area (Å²) in [5.74, 6) is 1.81. The van der Waals surface area contributed by atoms with E-state index in [0.29, 0.717) is 49.0 Å². The summed E-state index contributed by atoms with van der Waals surface area (Å²) in [6.45, 7) is 4.00. The van der Waals surface area contributed by atoms with E-state index in [1.165, 1.54) is 0 Å². The van der Waals surface area contributed by atoms with Gasteiger partial charge in [0.2, 0.25) is 5.65 Å². The maximum Gasteiger partial charge on any atom is 0.294 e. The Labute approximate surface area is 188 Å². The number of benzene rings is 1. The molecule has 1 N–H and O–H groups in total. The zero-order valence-electron chi connectivity index (χ0n) is 18.1. The van der Waals surface area contributed by atoms with Gasteiger partial charge < -0.3 is 14.5 Å². The van der Waals surface area contributed by atoms with E-state index in [0.717, 1.165) is 29.7 Å². The number of nitrogens with zero attached hydrogens (tertiary/aromatic N) is 5. The van der Waals surface area contributed by atoms with Gasteiger partial charge in [0, 0.05) is 30.9 Å². The molecule has 3 aromatic heterocycles. The van der Waals surface area contributed by atoms with Gasteiger partial charge in [0.25, 0.3) is 11.5 Å². The van der Waals surface area contributed by atoms with Crippen molar-refractivity contribution in [2.45, 2.75) is 25.7 Å². The number of carbonyl (C=O) groups is 1. The minimum Gasteiger partial charge on any atom is -0.488 e. The molecule has 0 unspecified atom stereocenters. The van der Waals surface area contributed by atoms with Crippen molar-refractivity contribution in [1.29, 1.82) is 0 Å². The largest absolute Gasteiger partial charge is 0.488 e. The summed E-state index contributed by atoms with van der Waals surface area (Å²) in [4.78, 5) is 35.2. The highest BCUT2D eigenvalue weighted by atomic mass is 16.5. The molecule has 2 aliphatic rings. The summed E-state index contributed by atoms with van der Waals surface area (Å²) in [5.41, 5.74) is 2.53. The fourth-order valence-corrected chi connectivity index (χ4v) is 4.68. The number of ether oxygens (including phenoxy) is 2. The van der Waals surface area contributed by atoms with Gasteiger partial charge in [-0.2, -0.15) is 0 Å². The predicted octanol–water partition coefficient (Wildman–Crippen LogP) is 2.21. The lowest BCUT2D eigenvalue weighted by Crippen LogP contribution is -2.39. The summed E-state index contributed by atoms with van der Waals surface area (Å²) in [6, 6.07) is 7.23. The van der Waals surface area contributed by atoms with Crippen molar-refractivity contribution in [1.82, 2.24) is 24.6 Å². The number of hydrogen-bond acceptors (Lipinski definition) is 7. The maximum absolute atomic E-state index is 13.5. The Morgan fingerprint density at radius 1 is 1.18 bits per heavy atom. The molecule has 6 rings (SSSR count). The van der Waals surface area contributed by atoms with Crippen LogP contribution in [0.5, 0.6) is 5.75 Å². The van der Waals surface area contributed by atoms with E-state index >= 15 is 0 Å². The van der Waals surface area contributed by atoms with Gasteiger partial charge in [0.1, 0.15) is 12.4 Å². The van der Waals surface area contributed by atoms with Crippen LogP contribution in [0.1, 0.15) is 40.5 Å². The molecule has 0 bridgehead atoms. The van der Waals surface area contributed by atoms with E-state index in [9.17, 15) is 9.59 Å². The monoisotopic (exact) mass is 446 g/mol. The third kappa shape index (κ3) is 3.17. The van der Waals surface area contributed by atoms with Crippen molar-refractivity contribution in [2.75, 3.05) is 31.3 Å². The van der Waals surface area contributed by atoms with Gasteiger partial charge in [0.05, 0.1) is 17.6 Å². The van der Waals surface area contributed by atoms with Crippen molar-refractivity contribution in [3.8, 4) is 5.75 Å². The van der Waals surface area contributed by atoms with E-state index in [2.05, 4.69) is 20.2 Å². The van der Waals surface area contributed by atoms with E-state index < -0.39 is 0 Å². The molecule has 0 atom stereocenters. The van der Waals surface area contributed by atoms with Crippen molar-refractivity contribution >= 4 is 28.4 Å². The number of nitrogens with one attached hydrogen (secondary N) is 1. The molecule has 4 aromatic rings. The van der Waals surface area contributed by atoms with Crippen LogP contribution < -0.4 is 15.2 Å². The molecule has 10 heteroatoms. The molecule has 168 valence electrons. The SMILES string of the molecule is Cc1cc2c(cc1C(=O)N1CCOc3cccnc31)[nH]c(=O)c1nnc(C3CCOCC3)n12. The van der Waals surface area contributed by atoms with E-state index in [1.807, 2.05) is 17.4 Å². The second-order valence-electron chi connectivity index (χ2n) is 8.37. The maximum atomic E-state index is 13.5. The Kier molecular flexibility index (Phi) is 4.61. The quantitative estimate of drug-likeness (QED) is 0.502. The molecule has 10 nitrogen and oxygen atoms in total. The summed E-state index contributed by atoms with van der Waals surface area (Å²) in [5, 5.41) is 8.52. The lowest BCUT2D eigenvalue weighted by molar-refractivity contribution is 0.0834.